The average molecular weight is 245 g/mol. The molecule has 1 saturated carbocycles. The first-order chi connectivity index (χ1) is 4.86. The van der Waals surface area contributed by atoms with Crippen LogP contribution in [0.25, 0.3) is 0 Å². The van der Waals surface area contributed by atoms with Crippen molar-refractivity contribution in [3.8, 4) is 0 Å². The lowest BCUT2D eigenvalue weighted by Crippen LogP contribution is -1.84. The van der Waals surface area contributed by atoms with Crippen LogP contribution in [0.3, 0.4) is 0 Å². The van der Waals surface area contributed by atoms with Crippen molar-refractivity contribution in [3.63, 3.8) is 0 Å². The molecule has 0 unspecified atom stereocenters. The Morgan fingerprint density at radius 1 is 1.50 bits per heavy atom. The number of pyridine rings is 1. The third-order valence-corrected chi connectivity index (χ3v) is 2.41. The summed E-state index contributed by atoms with van der Waals surface area (Å²) in [5.41, 5.74) is 1.28. The highest BCUT2D eigenvalue weighted by molar-refractivity contribution is 14.1. The van der Waals surface area contributed by atoms with Crippen molar-refractivity contribution in [1.82, 2.24) is 4.98 Å². The number of aromatic nitrogens is 1. The lowest BCUT2D eigenvalue weighted by molar-refractivity contribution is 1.02. The fourth-order valence-corrected chi connectivity index (χ4v) is 1.50. The van der Waals surface area contributed by atoms with E-state index in [2.05, 4.69) is 33.6 Å². The summed E-state index contributed by atoms with van der Waals surface area (Å²) in [4.78, 5) is 4.30. The SMILES string of the molecule is Ic1ccnc(C2CC2)c1. The van der Waals surface area contributed by atoms with Gasteiger partial charge in [0.05, 0.1) is 0 Å². The molecule has 1 aliphatic carbocycles. The monoisotopic (exact) mass is 245 g/mol. The molecule has 0 atom stereocenters. The van der Waals surface area contributed by atoms with Crippen LogP contribution in [-0.4, -0.2) is 4.98 Å². The summed E-state index contributed by atoms with van der Waals surface area (Å²) >= 11 is 2.33. The van der Waals surface area contributed by atoms with Gasteiger partial charge in [-0.25, -0.2) is 0 Å². The van der Waals surface area contributed by atoms with Crippen molar-refractivity contribution in [2.24, 2.45) is 0 Å². The molecule has 2 rings (SSSR count). The summed E-state index contributed by atoms with van der Waals surface area (Å²) in [6, 6.07) is 4.21. The first-order valence-electron chi connectivity index (χ1n) is 3.48. The predicted molar refractivity (Wildman–Crippen MR) is 48.9 cm³/mol. The fraction of sp³-hybridized carbons (Fsp3) is 0.375. The maximum atomic E-state index is 4.30. The number of hydrogen-bond acceptors (Lipinski definition) is 1. The van der Waals surface area contributed by atoms with Crippen LogP contribution in [0, 0.1) is 3.57 Å². The molecule has 0 aromatic carbocycles. The second-order valence-electron chi connectivity index (χ2n) is 2.67. The van der Waals surface area contributed by atoms with Gasteiger partial charge < -0.3 is 0 Å². The maximum absolute atomic E-state index is 4.30. The Labute approximate surface area is 74.0 Å². The first kappa shape index (κ1) is 6.58. The molecule has 1 aliphatic rings. The van der Waals surface area contributed by atoms with Gasteiger partial charge in [0.15, 0.2) is 0 Å². The van der Waals surface area contributed by atoms with Gasteiger partial charge in [0.25, 0.3) is 0 Å². The van der Waals surface area contributed by atoms with Crippen LogP contribution in [-0.2, 0) is 0 Å². The van der Waals surface area contributed by atoms with E-state index in [4.69, 9.17) is 0 Å². The van der Waals surface area contributed by atoms with Crippen LogP contribution in [0.4, 0.5) is 0 Å². The zero-order valence-electron chi connectivity index (χ0n) is 5.55. The molecule has 1 fully saturated rings. The summed E-state index contributed by atoms with van der Waals surface area (Å²) in [5.74, 6) is 0.787. The summed E-state index contributed by atoms with van der Waals surface area (Å²) in [7, 11) is 0. The molecule has 1 nitrogen and oxygen atoms in total. The molecule has 1 aromatic rings. The van der Waals surface area contributed by atoms with E-state index in [9.17, 15) is 0 Å². The number of halogens is 1. The summed E-state index contributed by atoms with van der Waals surface area (Å²) in [6.07, 6.45) is 4.58. The van der Waals surface area contributed by atoms with Gasteiger partial charge in [-0.1, -0.05) is 0 Å². The average Bonchev–Trinajstić information content (AvgIpc) is 2.68. The zero-order valence-corrected chi connectivity index (χ0v) is 7.71. The standard InChI is InChI=1S/C8H8IN/c9-7-3-4-10-8(5-7)6-1-2-6/h3-6H,1-2H2. The molecular formula is C8H8IN. The van der Waals surface area contributed by atoms with E-state index in [1.165, 1.54) is 22.1 Å². The van der Waals surface area contributed by atoms with E-state index < -0.39 is 0 Å². The minimum Gasteiger partial charge on any atom is -0.261 e. The number of hydrogen-bond donors (Lipinski definition) is 0. The highest BCUT2D eigenvalue weighted by atomic mass is 127. The Balaban J connectivity index is 2.32. The molecule has 0 amide bonds. The smallest absolute Gasteiger partial charge is 0.0445 e. The van der Waals surface area contributed by atoms with Crippen molar-refractivity contribution in [1.29, 1.82) is 0 Å². The number of rotatable bonds is 1. The topological polar surface area (TPSA) is 12.9 Å². The molecule has 2 heteroatoms. The molecule has 0 spiro atoms. The van der Waals surface area contributed by atoms with Crippen LogP contribution in [0.1, 0.15) is 24.5 Å². The van der Waals surface area contributed by atoms with E-state index in [-0.39, 0.29) is 0 Å². The Hall–Kier alpha value is -0.120. The molecule has 0 aliphatic heterocycles. The van der Waals surface area contributed by atoms with Gasteiger partial charge in [0.2, 0.25) is 0 Å². The maximum Gasteiger partial charge on any atom is 0.0445 e. The second kappa shape index (κ2) is 2.49. The Kier molecular flexibility index (Phi) is 1.64. The minimum absolute atomic E-state index is 0.787. The van der Waals surface area contributed by atoms with E-state index in [0.29, 0.717) is 0 Å². The van der Waals surface area contributed by atoms with Crippen LogP contribution < -0.4 is 0 Å². The Morgan fingerprint density at radius 3 is 2.90 bits per heavy atom. The first-order valence-corrected chi connectivity index (χ1v) is 4.55. The Morgan fingerprint density at radius 2 is 2.30 bits per heavy atom. The van der Waals surface area contributed by atoms with Gasteiger partial charge >= 0.3 is 0 Å². The van der Waals surface area contributed by atoms with Crippen LogP contribution in [0.2, 0.25) is 0 Å². The molecule has 1 aromatic heterocycles. The highest BCUT2D eigenvalue weighted by Crippen LogP contribution is 2.38. The summed E-state index contributed by atoms with van der Waals surface area (Å²) < 4.78 is 1.30. The minimum atomic E-state index is 0.787. The Bertz CT molecular complexity index is 243. The zero-order chi connectivity index (χ0) is 6.97. The molecule has 52 valence electrons. The largest absolute Gasteiger partial charge is 0.261 e. The molecule has 0 saturated heterocycles. The molecule has 10 heavy (non-hydrogen) atoms. The fourth-order valence-electron chi connectivity index (χ4n) is 1.02. The quantitative estimate of drug-likeness (QED) is 0.693. The number of nitrogens with zero attached hydrogens (tertiary/aromatic N) is 1. The van der Waals surface area contributed by atoms with Gasteiger partial charge in [-0.05, 0) is 47.6 Å². The van der Waals surface area contributed by atoms with Gasteiger partial charge in [-0.15, -0.1) is 0 Å². The molecule has 0 radical (unpaired) electrons. The normalized spacial score (nSPS) is 17.3. The lowest BCUT2D eigenvalue weighted by atomic mass is 10.3. The van der Waals surface area contributed by atoms with Gasteiger partial charge in [-0.3, -0.25) is 4.98 Å². The summed E-state index contributed by atoms with van der Waals surface area (Å²) in [6.45, 7) is 0. The van der Waals surface area contributed by atoms with E-state index in [1.54, 1.807) is 0 Å². The van der Waals surface area contributed by atoms with Crippen molar-refractivity contribution in [3.05, 3.63) is 27.6 Å². The summed E-state index contributed by atoms with van der Waals surface area (Å²) in [5, 5.41) is 0. The predicted octanol–water partition coefficient (Wildman–Crippen LogP) is 2.56. The molecule has 0 N–H and O–H groups in total. The van der Waals surface area contributed by atoms with Gasteiger partial charge in [0, 0.05) is 21.4 Å². The van der Waals surface area contributed by atoms with E-state index in [0.717, 1.165) is 5.92 Å². The van der Waals surface area contributed by atoms with Crippen molar-refractivity contribution in [2.45, 2.75) is 18.8 Å². The van der Waals surface area contributed by atoms with Crippen molar-refractivity contribution in [2.75, 3.05) is 0 Å². The van der Waals surface area contributed by atoms with Gasteiger partial charge in [0.1, 0.15) is 0 Å². The molecule has 0 bridgehead atoms. The van der Waals surface area contributed by atoms with Gasteiger partial charge in [-0.2, -0.15) is 0 Å². The van der Waals surface area contributed by atoms with Crippen molar-refractivity contribution >= 4 is 22.6 Å². The lowest BCUT2D eigenvalue weighted by Gasteiger charge is -1.95. The molecule has 1 heterocycles. The molecular weight excluding hydrogens is 237 g/mol. The second-order valence-corrected chi connectivity index (χ2v) is 3.92. The van der Waals surface area contributed by atoms with Crippen LogP contribution in [0.5, 0.6) is 0 Å². The van der Waals surface area contributed by atoms with E-state index >= 15 is 0 Å². The third kappa shape index (κ3) is 1.31. The van der Waals surface area contributed by atoms with Crippen molar-refractivity contribution < 1.29 is 0 Å². The van der Waals surface area contributed by atoms with Crippen LogP contribution in [0.15, 0.2) is 18.3 Å². The van der Waals surface area contributed by atoms with Crippen LogP contribution >= 0.6 is 22.6 Å². The van der Waals surface area contributed by atoms with E-state index in [1.807, 2.05) is 12.3 Å². The third-order valence-electron chi connectivity index (χ3n) is 1.74. The highest BCUT2D eigenvalue weighted by Gasteiger charge is 2.24.